The van der Waals surface area contributed by atoms with Gasteiger partial charge in [-0.05, 0) is 25.0 Å². The molecule has 16 heavy (non-hydrogen) atoms. The number of aliphatic hydroxyl groups excluding tert-OH is 1. The topological polar surface area (TPSA) is 23.5 Å². The van der Waals surface area contributed by atoms with Gasteiger partial charge in [-0.15, -0.1) is 0 Å². The van der Waals surface area contributed by atoms with E-state index in [1.165, 1.54) is 12.1 Å². The fraction of sp³-hybridized carbons (Fsp3) is 0.500. The molecule has 1 aliphatic carbocycles. The lowest BCUT2D eigenvalue weighted by molar-refractivity contribution is 0.215. The number of nitrogens with zero attached hydrogens (tertiary/aromatic N) is 1. The summed E-state index contributed by atoms with van der Waals surface area (Å²) in [4.78, 5) is 1.73. The quantitative estimate of drug-likeness (QED) is 0.852. The van der Waals surface area contributed by atoms with Gasteiger partial charge >= 0.3 is 0 Å². The van der Waals surface area contributed by atoms with Crippen LogP contribution in [0.3, 0.4) is 0 Å². The SMILES string of the molecule is CN(CC1(CO)CC1)c1ccc(F)cc1F. The van der Waals surface area contributed by atoms with Crippen molar-refractivity contribution in [3.8, 4) is 0 Å². The van der Waals surface area contributed by atoms with Gasteiger partial charge in [-0.3, -0.25) is 0 Å². The van der Waals surface area contributed by atoms with E-state index in [0.717, 1.165) is 18.9 Å². The number of rotatable bonds is 4. The lowest BCUT2D eigenvalue weighted by Gasteiger charge is -2.24. The minimum absolute atomic E-state index is 0.0738. The van der Waals surface area contributed by atoms with Crippen molar-refractivity contribution in [2.75, 3.05) is 25.1 Å². The van der Waals surface area contributed by atoms with Gasteiger partial charge in [0.05, 0.1) is 12.3 Å². The molecule has 0 saturated heterocycles. The lowest BCUT2D eigenvalue weighted by atomic mass is 10.1. The van der Waals surface area contributed by atoms with Crippen LogP contribution in [0.15, 0.2) is 18.2 Å². The molecule has 1 aromatic carbocycles. The van der Waals surface area contributed by atoms with Gasteiger partial charge in [0.1, 0.15) is 11.6 Å². The third-order valence-electron chi connectivity index (χ3n) is 3.19. The minimum atomic E-state index is -0.571. The van der Waals surface area contributed by atoms with Crippen LogP contribution in [0.5, 0.6) is 0 Å². The summed E-state index contributed by atoms with van der Waals surface area (Å²) in [6, 6.07) is 3.55. The van der Waals surface area contributed by atoms with Gasteiger partial charge in [-0.25, -0.2) is 8.78 Å². The summed E-state index contributed by atoms with van der Waals surface area (Å²) < 4.78 is 26.2. The van der Waals surface area contributed by atoms with Gasteiger partial charge in [0, 0.05) is 25.1 Å². The maximum atomic E-state index is 13.5. The Bertz CT molecular complexity index is 391. The van der Waals surface area contributed by atoms with Crippen molar-refractivity contribution >= 4 is 5.69 Å². The van der Waals surface area contributed by atoms with Crippen molar-refractivity contribution in [3.63, 3.8) is 0 Å². The van der Waals surface area contributed by atoms with E-state index in [9.17, 15) is 13.9 Å². The molecule has 1 fully saturated rings. The molecule has 0 aromatic heterocycles. The number of benzene rings is 1. The van der Waals surface area contributed by atoms with E-state index in [1.807, 2.05) is 0 Å². The summed E-state index contributed by atoms with van der Waals surface area (Å²) in [5.74, 6) is -1.13. The van der Waals surface area contributed by atoms with Crippen molar-refractivity contribution < 1.29 is 13.9 Å². The molecule has 0 atom stereocenters. The number of hydrogen-bond acceptors (Lipinski definition) is 2. The maximum absolute atomic E-state index is 13.5. The summed E-state index contributed by atoms with van der Waals surface area (Å²) in [5, 5.41) is 9.19. The maximum Gasteiger partial charge on any atom is 0.149 e. The van der Waals surface area contributed by atoms with Crippen LogP contribution in [0.2, 0.25) is 0 Å². The molecule has 1 saturated carbocycles. The molecule has 88 valence electrons. The van der Waals surface area contributed by atoms with Crippen molar-refractivity contribution in [3.05, 3.63) is 29.8 Å². The highest BCUT2D eigenvalue weighted by Crippen LogP contribution is 2.46. The first-order chi connectivity index (χ1) is 7.56. The predicted molar refractivity (Wildman–Crippen MR) is 58.4 cm³/mol. The van der Waals surface area contributed by atoms with Crippen LogP contribution in [0.25, 0.3) is 0 Å². The number of anilines is 1. The molecular formula is C12H15F2NO. The van der Waals surface area contributed by atoms with Crippen LogP contribution < -0.4 is 4.90 Å². The van der Waals surface area contributed by atoms with Crippen LogP contribution in [-0.4, -0.2) is 25.3 Å². The first-order valence-corrected chi connectivity index (χ1v) is 5.33. The third-order valence-corrected chi connectivity index (χ3v) is 3.19. The highest BCUT2D eigenvalue weighted by atomic mass is 19.1. The summed E-state index contributed by atoms with van der Waals surface area (Å²) in [5.41, 5.74) is 0.302. The van der Waals surface area contributed by atoms with Gasteiger partial charge in [-0.1, -0.05) is 0 Å². The summed E-state index contributed by atoms with van der Waals surface area (Å²) in [7, 11) is 1.76. The van der Waals surface area contributed by atoms with Crippen LogP contribution in [0.4, 0.5) is 14.5 Å². The van der Waals surface area contributed by atoms with Crippen molar-refractivity contribution in [1.82, 2.24) is 0 Å². The molecule has 2 nitrogen and oxygen atoms in total. The van der Waals surface area contributed by atoms with Gasteiger partial charge < -0.3 is 10.0 Å². The minimum Gasteiger partial charge on any atom is -0.396 e. The van der Waals surface area contributed by atoms with E-state index in [1.54, 1.807) is 11.9 Å². The van der Waals surface area contributed by atoms with Gasteiger partial charge in [0.25, 0.3) is 0 Å². The molecule has 0 amide bonds. The second-order valence-electron chi connectivity index (χ2n) is 4.61. The molecule has 2 rings (SSSR count). The zero-order valence-corrected chi connectivity index (χ0v) is 9.21. The number of aliphatic hydroxyl groups is 1. The van der Waals surface area contributed by atoms with Crippen LogP contribution in [0, 0.1) is 17.0 Å². The smallest absolute Gasteiger partial charge is 0.149 e. The van der Waals surface area contributed by atoms with Crippen LogP contribution >= 0.6 is 0 Å². The van der Waals surface area contributed by atoms with Crippen LogP contribution in [-0.2, 0) is 0 Å². The van der Waals surface area contributed by atoms with Crippen molar-refractivity contribution in [1.29, 1.82) is 0 Å². The fourth-order valence-corrected chi connectivity index (χ4v) is 1.92. The average Bonchev–Trinajstić information content (AvgIpc) is 2.98. The van der Waals surface area contributed by atoms with E-state index in [-0.39, 0.29) is 12.0 Å². The van der Waals surface area contributed by atoms with E-state index in [2.05, 4.69) is 0 Å². The molecular weight excluding hydrogens is 212 g/mol. The van der Waals surface area contributed by atoms with E-state index < -0.39 is 11.6 Å². The summed E-state index contributed by atoms with van der Waals surface area (Å²) in [6.45, 7) is 0.728. The Kier molecular flexibility index (Phi) is 2.84. The molecule has 0 heterocycles. The molecule has 4 heteroatoms. The first-order valence-electron chi connectivity index (χ1n) is 5.33. The molecule has 0 spiro atoms. The zero-order valence-electron chi connectivity index (χ0n) is 9.21. The van der Waals surface area contributed by atoms with Crippen molar-refractivity contribution in [2.45, 2.75) is 12.8 Å². The van der Waals surface area contributed by atoms with Gasteiger partial charge in [0.15, 0.2) is 0 Å². The molecule has 0 radical (unpaired) electrons. The first kappa shape index (κ1) is 11.3. The highest BCUT2D eigenvalue weighted by molar-refractivity contribution is 5.47. The molecule has 0 unspecified atom stereocenters. The van der Waals surface area contributed by atoms with Crippen molar-refractivity contribution in [2.24, 2.45) is 5.41 Å². The number of hydrogen-bond donors (Lipinski definition) is 1. The van der Waals surface area contributed by atoms with Gasteiger partial charge in [0.2, 0.25) is 0 Å². The molecule has 0 bridgehead atoms. The number of halogens is 2. The monoisotopic (exact) mass is 227 g/mol. The Morgan fingerprint density at radius 2 is 2.06 bits per heavy atom. The third kappa shape index (κ3) is 2.16. The van der Waals surface area contributed by atoms with Crippen LogP contribution in [0.1, 0.15) is 12.8 Å². The largest absolute Gasteiger partial charge is 0.396 e. The molecule has 1 aromatic rings. The van der Waals surface area contributed by atoms with E-state index in [0.29, 0.717) is 12.2 Å². The Hall–Kier alpha value is -1.16. The Morgan fingerprint density at radius 1 is 1.38 bits per heavy atom. The molecule has 1 aliphatic rings. The Labute approximate surface area is 93.5 Å². The standard InChI is InChI=1S/C12H15F2NO/c1-15(7-12(8-16)4-5-12)11-3-2-9(13)6-10(11)14/h2-3,6,16H,4-5,7-8H2,1H3. The Balaban J connectivity index is 2.11. The average molecular weight is 227 g/mol. The summed E-state index contributed by atoms with van der Waals surface area (Å²) >= 11 is 0. The van der Waals surface area contributed by atoms with E-state index >= 15 is 0 Å². The highest BCUT2D eigenvalue weighted by Gasteiger charge is 2.43. The normalized spacial score (nSPS) is 17.2. The summed E-state index contributed by atoms with van der Waals surface area (Å²) in [6.07, 6.45) is 1.94. The second-order valence-corrected chi connectivity index (χ2v) is 4.61. The van der Waals surface area contributed by atoms with Gasteiger partial charge in [-0.2, -0.15) is 0 Å². The predicted octanol–water partition coefficient (Wildman–Crippen LogP) is 2.17. The molecule has 0 aliphatic heterocycles. The lowest BCUT2D eigenvalue weighted by Crippen LogP contribution is -2.29. The van der Waals surface area contributed by atoms with E-state index in [4.69, 9.17) is 0 Å². The molecule has 1 N–H and O–H groups in total. The second kappa shape index (κ2) is 4.01. The zero-order chi connectivity index (χ0) is 11.8. The fourth-order valence-electron chi connectivity index (χ4n) is 1.92. The Morgan fingerprint density at radius 3 is 2.56 bits per heavy atom.